The van der Waals surface area contributed by atoms with Crippen LogP contribution in [0.15, 0.2) is 23.1 Å². The van der Waals surface area contributed by atoms with E-state index in [-0.39, 0.29) is 35.3 Å². The first kappa shape index (κ1) is 22.1. The Kier molecular flexibility index (Phi) is 7.30. The topological polar surface area (TPSA) is 83.7 Å². The number of carbonyl (C=O) groups excluding carboxylic acids is 1. The Balaban J connectivity index is 0.00000261. The van der Waals surface area contributed by atoms with Crippen molar-refractivity contribution in [1.29, 1.82) is 0 Å². The van der Waals surface area contributed by atoms with E-state index in [1.54, 1.807) is 27.4 Å². The molecule has 1 aromatic carbocycles. The Morgan fingerprint density at radius 1 is 1.11 bits per heavy atom. The Morgan fingerprint density at radius 2 is 1.78 bits per heavy atom. The summed E-state index contributed by atoms with van der Waals surface area (Å²) in [6.07, 6.45) is 4.39. The van der Waals surface area contributed by atoms with Crippen LogP contribution in [0.5, 0.6) is 0 Å². The maximum atomic E-state index is 13.1. The lowest BCUT2D eigenvalue weighted by Crippen LogP contribution is -2.43. The lowest BCUT2D eigenvalue weighted by atomic mass is 10.0. The van der Waals surface area contributed by atoms with Gasteiger partial charge in [-0.05, 0) is 57.2 Å². The van der Waals surface area contributed by atoms with Crippen molar-refractivity contribution in [2.75, 3.05) is 19.6 Å². The Hall–Kier alpha value is -1.15. The predicted octanol–water partition coefficient (Wildman–Crippen LogP) is 2.54. The first-order valence-corrected chi connectivity index (χ1v) is 10.9. The molecule has 0 spiro atoms. The molecule has 2 aliphatic heterocycles. The van der Waals surface area contributed by atoms with Gasteiger partial charge in [-0.2, -0.15) is 4.31 Å². The van der Waals surface area contributed by atoms with E-state index in [1.165, 1.54) is 0 Å². The summed E-state index contributed by atoms with van der Waals surface area (Å²) < 4.78 is 27.8. The number of hydrogen-bond donors (Lipinski definition) is 1. The number of sulfonamides is 1. The molecule has 0 aromatic heterocycles. The van der Waals surface area contributed by atoms with Crippen molar-refractivity contribution in [3.05, 3.63) is 29.3 Å². The number of amides is 1. The van der Waals surface area contributed by atoms with Crippen molar-refractivity contribution in [2.24, 2.45) is 5.73 Å². The summed E-state index contributed by atoms with van der Waals surface area (Å²) in [4.78, 5) is 14.9. The summed E-state index contributed by atoms with van der Waals surface area (Å²) >= 11 is 0. The molecule has 2 saturated heterocycles. The standard InChI is InChI=1S/C19H29N3O3S.ClH/c1-14-6-7-17(26(24,25)22-10-4-3-5-15(22)2)13-18(14)19(23)21-11-8-16(20)9-12-21;/h6-7,13,15-16H,3-5,8-12,20H2,1-2H3;1H. The molecule has 2 aliphatic rings. The van der Waals surface area contributed by atoms with E-state index < -0.39 is 10.0 Å². The van der Waals surface area contributed by atoms with Crippen LogP contribution in [0.4, 0.5) is 0 Å². The van der Waals surface area contributed by atoms with Crippen LogP contribution in [0.3, 0.4) is 0 Å². The zero-order valence-corrected chi connectivity index (χ0v) is 17.7. The lowest BCUT2D eigenvalue weighted by Gasteiger charge is -2.33. The van der Waals surface area contributed by atoms with Gasteiger partial charge in [0.2, 0.25) is 10.0 Å². The third-order valence-electron chi connectivity index (χ3n) is 5.61. The molecule has 0 radical (unpaired) electrons. The van der Waals surface area contributed by atoms with Gasteiger partial charge in [-0.1, -0.05) is 12.5 Å². The second-order valence-corrected chi connectivity index (χ2v) is 9.46. The first-order valence-electron chi connectivity index (χ1n) is 9.48. The third-order valence-corrected chi connectivity index (χ3v) is 7.62. The highest BCUT2D eigenvalue weighted by Gasteiger charge is 2.32. The zero-order valence-electron chi connectivity index (χ0n) is 16.1. The van der Waals surface area contributed by atoms with E-state index in [1.807, 2.05) is 13.8 Å². The second-order valence-electron chi connectivity index (χ2n) is 7.57. The van der Waals surface area contributed by atoms with Crippen molar-refractivity contribution in [3.63, 3.8) is 0 Å². The molecule has 1 aromatic rings. The summed E-state index contributed by atoms with van der Waals surface area (Å²) in [5.41, 5.74) is 7.20. The lowest BCUT2D eigenvalue weighted by molar-refractivity contribution is 0.0713. The van der Waals surface area contributed by atoms with Gasteiger partial charge in [0, 0.05) is 37.3 Å². The summed E-state index contributed by atoms with van der Waals surface area (Å²) in [5.74, 6) is -0.0989. The van der Waals surface area contributed by atoms with Gasteiger partial charge < -0.3 is 10.6 Å². The monoisotopic (exact) mass is 415 g/mol. The smallest absolute Gasteiger partial charge is 0.254 e. The van der Waals surface area contributed by atoms with E-state index in [2.05, 4.69) is 0 Å². The average Bonchev–Trinajstić information content (AvgIpc) is 2.62. The fraction of sp³-hybridized carbons (Fsp3) is 0.632. The number of rotatable bonds is 3. The second kappa shape index (κ2) is 8.90. The minimum Gasteiger partial charge on any atom is -0.339 e. The van der Waals surface area contributed by atoms with Gasteiger partial charge in [0.05, 0.1) is 4.90 Å². The minimum atomic E-state index is -3.58. The summed E-state index contributed by atoms with van der Waals surface area (Å²) in [5, 5.41) is 0. The maximum absolute atomic E-state index is 13.1. The molecular weight excluding hydrogens is 386 g/mol. The Bertz CT molecular complexity index is 776. The van der Waals surface area contributed by atoms with Gasteiger partial charge in [0.15, 0.2) is 0 Å². The molecule has 2 fully saturated rings. The highest BCUT2D eigenvalue weighted by atomic mass is 35.5. The average molecular weight is 416 g/mol. The number of piperidine rings is 2. The quantitative estimate of drug-likeness (QED) is 0.822. The maximum Gasteiger partial charge on any atom is 0.254 e. The molecule has 1 unspecified atom stereocenters. The molecule has 0 saturated carbocycles. The number of halogens is 1. The molecule has 27 heavy (non-hydrogen) atoms. The number of nitrogens with two attached hydrogens (primary N) is 1. The molecule has 3 rings (SSSR count). The Morgan fingerprint density at radius 3 is 2.41 bits per heavy atom. The van der Waals surface area contributed by atoms with Crippen LogP contribution in [0.25, 0.3) is 0 Å². The number of likely N-dealkylation sites (tertiary alicyclic amines) is 1. The molecule has 0 bridgehead atoms. The van der Waals surface area contributed by atoms with Crippen LogP contribution in [0.2, 0.25) is 0 Å². The number of nitrogens with zero attached hydrogens (tertiary/aromatic N) is 2. The normalized spacial score (nSPS) is 22.3. The van der Waals surface area contributed by atoms with Crippen molar-refractivity contribution in [3.8, 4) is 0 Å². The third kappa shape index (κ3) is 4.65. The molecular formula is C19H30ClN3O3S. The van der Waals surface area contributed by atoms with Crippen molar-refractivity contribution < 1.29 is 13.2 Å². The number of hydrogen-bond acceptors (Lipinski definition) is 4. The molecule has 2 N–H and O–H groups in total. The van der Waals surface area contributed by atoms with E-state index in [9.17, 15) is 13.2 Å². The summed E-state index contributed by atoms with van der Waals surface area (Å²) in [6.45, 7) is 5.60. The molecule has 152 valence electrons. The van der Waals surface area contributed by atoms with Crippen LogP contribution in [0, 0.1) is 6.92 Å². The van der Waals surface area contributed by atoms with Crippen LogP contribution < -0.4 is 5.73 Å². The van der Waals surface area contributed by atoms with Gasteiger partial charge in [0.25, 0.3) is 5.91 Å². The van der Waals surface area contributed by atoms with Crippen LogP contribution in [0.1, 0.15) is 54.9 Å². The van der Waals surface area contributed by atoms with Gasteiger partial charge in [-0.25, -0.2) is 8.42 Å². The van der Waals surface area contributed by atoms with Gasteiger partial charge in [0.1, 0.15) is 0 Å². The fourth-order valence-corrected chi connectivity index (χ4v) is 5.56. The molecule has 6 nitrogen and oxygen atoms in total. The SMILES string of the molecule is Cc1ccc(S(=O)(=O)N2CCCCC2C)cc1C(=O)N1CCC(N)CC1.Cl. The van der Waals surface area contributed by atoms with Crippen LogP contribution in [-0.2, 0) is 10.0 Å². The van der Waals surface area contributed by atoms with E-state index in [0.717, 1.165) is 37.7 Å². The van der Waals surface area contributed by atoms with Crippen molar-refractivity contribution >= 4 is 28.3 Å². The molecule has 1 atom stereocenters. The largest absolute Gasteiger partial charge is 0.339 e. The molecule has 1 amide bonds. The van der Waals surface area contributed by atoms with Crippen LogP contribution in [-0.4, -0.2) is 55.2 Å². The van der Waals surface area contributed by atoms with Gasteiger partial charge >= 0.3 is 0 Å². The minimum absolute atomic E-state index is 0. The molecule has 0 aliphatic carbocycles. The number of benzene rings is 1. The zero-order chi connectivity index (χ0) is 18.9. The van der Waals surface area contributed by atoms with E-state index in [0.29, 0.717) is 25.2 Å². The molecule has 2 heterocycles. The molecule has 8 heteroatoms. The highest BCUT2D eigenvalue weighted by Crippen LogP contribution is 2.27. The van der Waals surface area contributed by atoms with Gasteiger partial charge in [-0.3, -0.25) is 4.79 Å². The highest BCUT2D eigenvalue weighted by molar-refractivity contribution is 7.89. The van der Waals surface area contributed by atoms with Gasteiger partial charge in [-0.15, -0.1) is 12.4 Å². The summed E-state index contributed by atoms with van der Waals surface area (Å²) in [7, 11) is -3.58. The summed E-state index contributed by atoms with van der Waals surface area (Å²) in [6, 6.07) is 5.06. The fourth-order valence-electron chi connectivity index (χ4n) is 3.83. The number of aryl methyl sites for hydroxylation is 1. The Labute approximate surface area is 168 Å². The van der Waals surface area contributed by atoms with Crippen molar-refractivity contribution in [2.45, 2.75) is 62.9 Å². The van der Waals surface area contributed by atoms with E-state index in [4.69, 9.17) is 5.73 Å². The van der Waals surface area contributed by atoms with Crippen molar-refractivity contribution in [1.82, 2.24) is 9.21 Å². The van der Waals surface area contributed by atoms with Crippen LogP contribution >= 0.6 is 12.4 Å². The first-order chi connectivity index (χ1) is 12.3. The van der Waals surface area contributed by atoms with E-state index >= 15 is 0 Å². The predicted molar refractivity (Wildman–Crippen MR) is 109 cm³/mol. The number of carbonyl (C=O) groups is 1.